The van der Waals surface area contributed by atoms with Crippen molar-refractivity contribution in [3.8, 4) is 17.0 Å². The Kier molecular flexibility index (Phi) is 8.04. The van der Waals surface area contributed by atoms with E-state index in [-0.39, 0.29) is 33.4 Å². The largest absolute Gasteiger partial charge is 0.507 e. The van der Waals surface area contributed by atoms with Crippen LogP contribution in [-0.4, -0.2) is 49.7 Å². The summed E-state index contributed by atoms with van der Waals surface area (Å²) in [6.07, 6.45) is 2.48. The molecule has 10 heteroatoms. The maximum absolute atomic E-state index is 13.8. The van der Waals surface area contributed by atoms with Crippen LogP contribution in [0.25, 0.3) is 11.3 Å². The fraction of sp³-hybridized carbons (Fsp3) is 0.500. The second kappa shape index (κ2) is 10.8. The number of benzene rings is 1. The van der Waals surface area contributed by atoms with E-state index in [2.05, 4.69) is 69.0 Å². The number of likely N-dealkylation sites (tertiary alicyclic amines) is 1. The number of aromatic nitrogens is 3. The van der Waals surface area contributed by atoms with E-state index in [1.165, 1.54) is 0 Å². The summed E-state index contributed by atoms with van der Waals surface area (Å²) in [6.45, 7) is 13.8. The number of hydrogen-bond acceptors (Lipinski definition) is 7. The average molecular weight is 559 g/mol. The maximum Gasteiger partial charge on any atom is 0.345 e. The van der Waals surface area contributed by atoms with Crippen LogP contribution < -0.4 is 5.69 Å². The Labute approximate surface area is 230 Å². The van der Waals surface area contributed by atoms with E-state index in [0.717, 1.165) is 58.2 Å². The minimum Gasteiger partial charge on any atom is -0.507 e. The number of thiazole rings is 1. The topological polar surface area (TPSA) is 99.2 Å². The minimum atomic E-state index is -0.640. The predicted molar refractivity (Wildman–Crippen MR) is 151 cm³/mol. The van der Waals surface area contributed by atoms with E-state index in [1.807, 2.05) is 0 Å². The molecule has 1 saturated heterocycles. The van der Waals surface area contributed by atoms with Crippen molar-refractivity contribution < 1.29 is 14.3 Å². The Morgan fingerprint density at radius 3 is 2.34 bits per heavy atom. The molecule has 0 radical (unpaired) electrons. The van der Waals surface area contributed by atoms with Gasteiger partial charge < -0.3 is 10.0 Å². The van der Waals surface area contributed by atoms with Crippen LogP contribution in [-0.2, 0) is 15.6 Å². The smallest absolute Gasteiger partial charge is 0.345 e. The summed E-state index contributed by atoms with van der Waals surface area (Å²) >= 11 is 2.62. The molecule has 2 N–H and O–H groups in total. The molecular weight excluding hydrogens is 523 g/mol. The molecular formula is C28H35FN4O3S2. The second-order valence-electron chi connectivity index (χ2n) is 11.8. The van der Waals surface area contributed by atoms with Gasteiger partial charge in [-0.05, 0) is 35.8 Å². The number of aromatic amines is 1. The van der Waals surface area contributed by atoms with Gasteiger partial charge in [-0.1, -0.05) is 53.3 Å². The van der Waals surface area contributed by atoms with Crippen molar-refractivity contribution in [3.63, 3.8) is 0 Å². The molecule has 4 rings (SSSR count). The third-order valence-corrected chi connectivity index (χ3v) is 8.80. The molecule has 1 fully saturated rings. The third kappa shape index (κ3) is 6.29. The zero-order valence-electron chi connectivity index (χ0n) is 22.7. The van der Waals surface area contributed by atoms with Crippen LogP contribution in [0.2, 0.25) is 0 Å². The van der Waals surface area contributed by atoms with Crippen molar-refractivity contribution in [1.82, 2.24) is 19.9 Å². The number of amides is 1. The van der Waals surface area contributed by atoms with Gasteiger partial charge in [-0.25, -0.2) is 14.2 Å². The lowest BCUT2D eigenvalue weighted by Gasteiger charge is -2.31. The standard InChI is InChI=1S/C28H35FN4O3S2/c1-27(2,3)18-11-17(12-19(23(18)35)28(4,5)6)21-14-37-24(31-21)16-7-9-33(10-8-16)22(34)15-38-25-20(29)13-30-26(36)32-25/h11-14,16,35H,7-10,15H2,1-6H3,(H,30,32,36). The molecule has 7 nitrogen and oxygen atoms in total. The number of piperidine rings is 1. The van der Waals surface area contributed by atoms with E-state index < -0.39 is 11.5 Å². The van der Waals surface area contributed by atoms with Gasteiger partial charge >= 0.3 is 5.69 Å². The highest BCUT2D eigenvalue weighted by Crippen LogP contribution is 2.42. The predicted octanol–water partition coefficient (Wildman–Crippen LogP) is 5.83. The summed E-state index contributed by atoms with van der Waals surface area (Å²) in [4.78, 5) is 36.5. The first-order valence-electron chi connectivity index (χ1n) is 12.7. The summed E-state index contributed by atoms with van der Waals surface area (Å²) in [7, 11) is 0. The SMILES string of the molecule is CC(C)(C)c1cc(-c2csc(C3CCN(C(=O)CSc4[nH]c(=O)ncc4F)CC3)n2)cc(C(C)(C)C)c1O. The highest BCUT2D eigenvalue weighted by molar-refractivity contribution is 7.99. The van der Waals surface area contributed by atoms with Gasteiger partial charge in [-0.2, -0.15) is 4.98 Å². The molecule has 3 heterocycles. The van der Waals surface area contributed by atoms with E-state index >= 15 is 0 Å². The van der Waals surface area contributed by atoms with Crippen LogP contribution in [0, 0.1) is 5.82 Å². The maximum atomic E-state index is 13.8. The number of nitrogens with zero attached hydrogens (tertiary/aromatic N) is 3. The number of hydrogen-bond donors (Lipinski definition) is 2. The second-order valence-corrected chi connectivity index (χ2v) is 13.7. The summed E-state index contributed by atoms with van der Waals surface area (Å²) in [5, 5.41) is 14.2. The third-order valence-electron chi connectivity index (χ3n) is 6.81. The Morgan fingerprint density at radius 1 is 1.16 bits per heavy atom. The normalized spacial score (nSPS) is 15.2. The lowest BCUT2D eigenvalue weighted by atomic mass is 9.78. The van der Waals surface area contributed by atoms with Gasteiger partial charge in [0.25, 0.3) is 0 Å². The first-order valence-corrected chi connectivity index (χ1v) is 14.6. The van der Waals surface area contributed by atoms with Crippen LogP contribution in [0.3, 0.4) is 0 Å². The Balaban J connectivity index is 1.44. The van der Waals surface area contributed by atoms with Gasteiger partial charge in [0, 0.05) is 41.1 Å². The molecule has 1 amide bonds. The number of phenols is 1. The number of carbonyl (C=O) groups excluding carboxylic acids is 1. The van der Waals surface area contributed by atoms with Gasteiger partial charge in [0.15, 0.2) is 5.82 Å². The lowest BCUT2D eigenvalue weighted by Crippen LogP contribution is -2.39. The zero-order chi connectivity index (χ0) is 27.8. The van der Waals surface area contributed by atoms with Crippen molar-refractivity contribution >= 4 is 29.0 Å². The zero-order valence-corrected chi connectivity index (χ0v) is 24.4. The van der Waals surface area contributed by atoms with Crippen LogP contribution in [0.1, 0.15) is 76.4 Å². The molecule has 2 aromatic heterocycles. The molecule has 204 valence electrons. The highest BCUT2D eigenvalue weighted by Gasteiger charge is 2.29. The fourth-order valence-corrected chi connectivity index (χ4v) is 6.40. The minimum absolute atomic E-state index is 0.0296. The number of halogens is 1. The van der Waals surface area contributed by atoms with Crippen molar-refractivity contribution in [2.24, 2.45) is 0 Å². The van der Waals surface area contributed by atoms with Crippen molar-refractivity contribution in [3.05, 3.63) is 56.1 Å². The van der Waals surface area contributed by atoms with Gasteiger partial charge in [-0.15, -0.1) is 11.3 Å². The van der Waals surface area contributed by atoms with Crippen LogP contribution in [0.15, 0.2) is 33.5 Å². The lowest BCUT2D eigenvalue weighted by molar-refractivity contribution is -0.129. The van der Waals surface area contributed by atoms with Crippen molar-refractivity contribution in [2.45, 2.75) is 76.2 Å². The first kappa shape index (κ1) is 28.3. The van der Waals surface area contributed by atoms with Gasteiger partial charge in [0.05, 0.1) is 22.7 Å². The molecule has 0 bridgehead atoms. The number of aromatic hydroxyl groups is 1. The first-order chi connectivity index (χ1) is 17.7. The van der Waals surface area contributed by atoms with E-state index in [1.54, 1.807) is 16.2 Å². The Hall–Kier alpha value is -2.72. The highest BCUT2D eigenvalue weighted by atomic mass is 32.2. The average Bonchev–Trinajstić information content (AvgIpc) is 3.33. The number of H-pyrrole nitrogens is 1. The molecule has 0 atom stereocenters. The molecule has 0 spiro atoms. The monoisotopic (exact) mass is 558 g/mol. The molecule has 1 aliphatic heterocycles. The molecule has 3 aromatic rings. The number of thioether (sulfide) groups is 1. The van der Waals surface area contributed by atoms with Crippen molar-refractivity contribution in [1.29, 1.82) is 0 Å². The fourth-order valence-electron chi connectivity index (χ4n) is 4.60. The van der Waals surface area contributed by atoms with Gasteiger partial charge in [-0.3, -0.25) is 9.78 Å². The van der Waals surface area contributed by atoms with Gasteiger partial charge in [0.1, 0.15) is 10.8 Å². The van der Waals surface area contributed by atoms with Crippen LogP contribution >= 0.6 is 23.1 Å². The quantitative estimate of drug-likeness (QED) is 0.302. The number of rotatable bonds is 5. The molecule has 0 unspecified atom stereocenters. The summed E-state index contributed by atoms with van der Waals surface area (Å²) < 4.78 is 13.8. The number of phenolic OH excluding ortho intramolecular Hbond substituents is 1. The molecule has 38 heavy (non-hydrogen) atoms. The summed E-state index contributed by atoms with van der Waals surface area (Å²) in [5.41, 5.74) is 2.67. The summed E-state index contributed by atoms with van der Waals surface area (Å²) in [6, 6.07) is 4.11. The van der Waals surface area contributed by atoms with Gasteiger partial charge in [0.2, 0.25) is 5.91 Å². The van der Waals surface area contributed by atoms with Crippen LogP contribution in [0.4, 0.5) is 4.39 Å². The molecule has 0 aliphatic carbocycles. The van der Waals surface area contributed by atoms with E-state index in [0.29, 0.717) is 18.8 Å². The Bertz CT molecular complexity index is 1340. The summed E-state index contributed by atoms with van der Waals surface area (Å²) in [5.74, 6) is -0.0497. The van der Waals surface area contributed by atoms with Crippen LogP contribution in [0.5, 0.6) is 5.75 Å². The number of nitrogens with one attached hydrogen (secondary N) is 1. The Morgan fingerprint density at radius 2 is 1.76 bits per heavy atom. The molecule has 0 saturated carbocycles. The molecule has 1 aliphatic rings. The number of carbonyl (C=O) groups is 1. The van der Waals surface area contributed by atoms with E-state index in [4.69, 9.17) is 4.98 Å². The van der Waals surface area contributed by atoms with Crippen molar-refractivity contribution in [2.75, 3.05) is 18.8 Å². The van der Waals surface area contributed by atoms with E-state index in [9.17, 15) is 19.1 Å². The molecule has 1 aromatic carbocycles.